The Morgan fingerprint density at radius 2 is 2.20 bits per heavy atom. The van der Waals surface area contributed by atoms with Gasteiger partial charge >= 0.3 is 12.1 Å². The predicted molar refractivity (Wildman–Crippen MR) is 64.0 cm³/mol. The summed E-state index contributed by atoms with van der Waals surface area (Å²) in [6.07, 6.45) is -1.84. The van der Waals surface area contributed by atoms with Crippen molar-refractivity contribution in [2.24, 2.45) is 5.92 Å². The number of nitrogens with one attached hydrogen (secondary N) is 1. The van der Waals surface area contributed by atoms with Gasteiger partial charge in [0.05, 0.1) is 6.54 Å². The normalized spacial score (nSPS) is 18.8. The van der Waals surface area contributed by atoms with Crippen molar-refractivity contribution in [3.63, 3.8) is 0 Å². The summed E-state index contributed by atoms with van der Waals surface area (Å²) in [5.41, 5.74) is -2.26. The number of rotatable bonds is 6. The van der Waals surface area contributed by atoms with Crippen LogP contribution in [0.2, 0.25) is 0 Å². The van der Waals surface area contributed by atoms with Crippen LogP contribution in [0.3, 0.4) is 0 Å². The van der Waals surface area contributed by atoms with Crippen molar-refractivity contribution >= 4 is 5.97 Å². The molecule has 0 radical (unpaired) electrons. The number of aromatic nitrogens is 2. The minimum absolute atomic E-state index is 0.0708. The zero-order valence-electron chi connectivity index (χ0n) is 10.9. The fourth-order valence-corrected chi connectivity index (χ4v) is 2.40. The Morgan fingerprint density at radius 1 is 1.55 bits per heavy atom. The summed E-state index contributed by atoms with van der Waals surface area (Å²) >= 11 is 0. The van der Waals surface area contributed by atoms with Crippen LogP contribution >= 0.6 is 0 Å². The monoisotopic (exact) mass is 291 g/mol. The average Bonchev–Trinajstić information content (AvgIpc) is 3.07. The van der Waals surface area contributed by atoms with E-state index in [4.69, 9.17) is 0 Å². The Hall–Kier alpha value is -1.57. The third-order valence-corrected chi connectivity index (χ3v) is 3.49. The second-order valence-corrected chi connectivity index (χ2v) is 4.98. The summed E-state index contributed by atoms with van der Waals surface area (Å²) < 4.78 is 38.6. The summed E-state index contributed by atoms with van der Waals surface area (Å²) in [5.74, 6) is -1.12. The van der Waals surface area contributed by atoms with Crippen LogP contribution in [0.5, 0.6) is 0 Å². The Bertz CT molecular complexity index is 496. The molecule has 0 amide bonds. The molecule has 1 aliphatic rings. The quantitative estimate of drug-likeness (QED) is 0.838. The van der Waals surface area contributed by atoms with Crippen molar-refractivity contribution in [1.82, 2.24) is 15.1 Å². The van der Waals surface area contributed by atoms with Crippen LogP contribution in [0.25, 0.3) is 0 Å². The van der Waals surface area contributed by atoms with Crippen molar-refractivity contribution in [2.75, 3.05) is 6.54 Å². The molecule has 0 aliphatic heterocycles. The van der Waals surface area contributed by atoms with E-state index < -0.39 is 23.4 Å². The van der Waals surface area contributed by atoms with Crippen LogP contribution in [-0.2, 0) is 17.5 Å². The number of halogens is 3. The van der Waals surface area contributed by atoms with Crippen molar-refractivity contribution in [1.29, 1.82) is 0 Å². The van der Waals surface area contributed by atoms with Crippen LogP contribution in [0.1, 0.15) is 25.5 Å². The molecule has 1 unspecified atom stereocenters. The predicted octanol–water partition coefficient (Wildman–Crippen LogP) is 1.74. The van der Waals surface area contributed by atoms with Crippen LogP contribution in [-0.4, -0.2) is 32.9 Å². The van der Waals surface area contributed by atoms with Gasteiger partial charge in [-0.3, -0.25) is 9.48 Å². The van der Waals surface area contributed by atoms with E-state index in [0.29, 0.717) is 6.54 Å². The second kappa shape index (κ2) is 5.08. The first-order valence-corrected chi connectivity index (χ1v) is 6.38. The van der Waals surface area contributed by atoms with Gasteiger partial charge in [-0.1, -0.05) is 6.92 Å². The third kappa shape index (κ3) is 2.79. The number of alkyl halides is 3. The molecule has 1 atom stereocenters. The summed E-state index contributed by atoms with van der Waals surface area (Å²) in [5, 5.41) is 15.8. The average molecular weight is 291 g/mol. The Balaban J connectivity index is 2.24. The number of carboxylic acids is 1. The molecule has 2 rings (SSSR count). The largest absolute Gasteiger partial charge is 0.480 e. The molecule has 2 N–H and O–H groups in total. The number of carboxylic acid groups (broad SMARTS) is 1. The highest BCUT2D eigenvalue weighted by Gasteiger charge is 2.51. The van der Waals surface area contributed by atoms with Crippen LogP contribution in [0.4, 0.5) is 13.2 Å². The maximum absolute atomic E-state index is 12.5. The molecule has 1 aromatic heterocycles. The van der Waals surface area contributed by atoms with Gasteiger partial charge in [0.1, 0.15) is 5.54 Å². The maximum Gasteiger partial charge on any atom is 0.435 e. The van der Waals surface area contributed by atoms with Gasteiger partial charge < -0.3 is 10.4 Å². The first kappa shape index (κ1) is 14.8. The number of hydrogen-bond donors (Lipinski definition) is 2. The van der Waals surface area contributed by atoms with E-state index in [1.165, 1.54) is 6.20 Å². The van der Waals surface area contributed by atoms with Gasteiger partial charge in [-0.2, -0.15) is 18.3 Å². The van der Waals surface area contributed by atoms with Crippen molar-refractivity contribution in [3.8, 4) is 0 Å². The lowest BCUT2D eigenvalue weighted by molar-refractivity contribution is -0.147. The highest BCUT2D eigenvalue weighted by atomic mass is 19.4. The number of carbonyl (C=O) groups is 1. The molecule has 1 aliphatic carbocycles. The van der Waals surface area contributed by atoms with E-state index in [-0.39, 0.29) is 12.5 Å². The molecule has 1 heterocycles. The Labute approximate surface area is 113 Å². The van der Waals surface area contributed by atoms with Crippen molar-refractivity contribution in [3.05, 3.63) is 18.0 Å². The molecule has 0 spiro atoms. The summed E-state index contributed by atoms with van der Waals surface area (Å²) in [7, 11) is 0. The smallest absolute Gasteiger partial charge is 0.435 e. The lowest BCUT2D eigenvalue weighted by atomic mass is 9.93. The third-order valence-electron chi connectivity index (χ3n) is 3.49. The molecule has 20 heavy (non-hydrogen) atoms. The molecular weight excluding hydrogens is 275 g/mol. The van der Waals surface area contributed by atoms with Crippen molar-refractivity contribution < 1.29 is 23.1 Å². The molecule has 1 saturated carbocycles. The molecule has 1 fully saturated rings. The molecule has 5 nitrogen and oxygen atoms in total. The molecule has 112 valence electrons. The lowest BCUT2D eigenvalue weighted by Gasteiger charge is -2.30. The van der Waals surface area contributed by atoms with Gasteiger partial charge in [0, 0.05) is 6.20 Å². The number of hydrogen-bond acceptors (Lipinski definition) is 3. The standard InChI is InChI=1S/C12H16F3N3O2/c1-2-16-11(10(19)20,8-3-4-8)7-18-6-5-9(17-18)12(13,14)15/h5-6,8,16H,2-4,7H2,1H3,(H,19,20). The van der Waals surface area contributed by atoms with Gasteiger partial charge in [-0.15, -0.1) is 0 Å². The minimum atomic E-state index is -4.52. The van der Waals surface area contributed by atoms with E-state index in [9.17, 15) is 23.1 Å². The lowest BCUT2D eigenvalue weighted by Crippen LogP contribution is -2.57. The van der Waals surface area contributed by atoms with Gasteiger partial charge in [0.25, 0.3) is 0 Å². The van der Waals surface area contributed by atoms with E-state index >= 15 is 0 Å². The summed E-state index contributed by atoms with van der Waals surface area (Å²) in [6, 6.07) is 0.853. The van der Waals surface area contributed by atoms with Gasteiger partial charge in [0.2, 0.25) is 0 Å². The van der Waals surface area contributed by atoms with Gasteiger partial charge in [0.15, 0.2) is 5.69 Å². The maximum atomic E-state index is 12.5. The highest BCUT2D eigenvalue weighted by molar-refractivity contribution is 5.79. The Kier molecular flexibility index (Phi) is 3.77. The van der Waals surface area contributed by atoms with Crippen LogP contribution in [0.15, 0.2) is 12.3 Å². The minimum Gasteiger partial charge on any atom is -0.480 e. The second-order valence-electron chi connectivity index (χ2n) is 4.98. The van der Waals surface area contributed by atoms with Crippen LogP contribution < -0.4 is 5.32 Å². The Morgan fingerprint density at radius 3 is 2.60 bits per heavy atom. The first-order chi connectivity index (χ1) is 9.29. The SMILES string of the molecule is CCNC(Cn1ccc(C(F)(F)F)n1)(C(=O)O)C1CC1. The zero-order valence-corrected chi connectivity index (χ0v) is 10.9. The van der Waals surface area contributed by atoms with E-state index in [0.717, 1.165) is 23.6 Å². The number of nitrogens with zero attached hydrogens (tertiary/aromatic N) is 2. The fraction of sp³-hybridized carbons (Fsp3) is 0.667. The molecule has 1 aromatic rings. The molecule has 8 heteroatoms. The molecule has 0 saturated heterocycles. The number of aliphatic carboxylic acids is 1. The van der Waals surface area contributed by atoms with Gasteiger partial charge in [-0.25, -0.2) is 0 Å². The summed E-state index contributed by atoms with van der Waals surface area (Å²) in [6.45, 7) is 2.08. The topological polar surface area (TPSA) is 67.2 Å². The molecule has 0 bridgehead atoms. The molecule has 0 aromatic carbocycles. The highest BCUT2D eigenvalue weighted by Crippen LogP contribution is 2.41. The van der Waals surface area contributed by atoms with Gasteiger partial charge in [-0.05, 0) is 31.4 Å². The summed E-state index contributed by atoms with van der Waals surface area (Å²) in [4.78, 5) is 11.6. The van der Waals surface area contributed by atoms with E-state index in [2.05, 4.69) is 10.4 Å². The fourth-order valence-electron chi connectivity index (χ4n) is 2.40. The number of likely N-dealkylation sites (N-methyl/N-ethyl adjacent to an activating group) is 1. The van der Waals surface area contributed by atoms with Crippen molar-refractivity contribution in [2.45, 2.75) is 38.0 Å². The first-order valence-electron chi connectivity index (χ1n) is 6.38. The van der Waals surface area contributed by atoms with Crippen LogP contribution in [0, 0.1) is 5.92 Å². The van der Waals surface area contributed by atoms with E-state index in [1.807, 2.05) is 0 Å². The molecular formula is C12H16F3N3O2. The zero-order chi connectivity index (χ0) is 15.0. The van der Waals surface area contributed by atoms with E-state index in [1.54, 1.807) is 6.92 Å².